The average molecular weight is 333 g/mol. The summed E-state index contributed by atoms with van der Waals surface area (Å²) in [5, 5.41) is 0. The molecule has 5 nitrogen and oxygen atoms in total. The van der Waals surface area contributed by atoms with Gasteiger partial charge in [0.25, 0.3) is 0 Å². The highest BCUT2D eigenvalue weighted by Gasteiger charge is 2.11. The monoisotopic (exact) mass is 333 g/mol. The summed E-state index contributed by atoms with van der Waals surface area (Å²) in [6.07, 6.45) is 2.14. The lowest BCUT2D eigenvalue weighted by atomic mass is 10.2. The molecule has 0 amide bonds. The number of hydrogen-bond donors (Lipinski definition) is 1. The summed E-state index contributed by atoms with van der Waals surface area (Å²) in [6.45, 7) is 6.72. The first kappa shape index (κ1) is 17.3. The molecule has 0 aliphatic heterocycles. The second-order valence-corrected chi connectivity index (χ2v) is 7.25. The van der Waals surface area contributed by atoms with Gasteiger partial charge in [0, 0.05) is 12.2 Å². The normalized spacial score (nSPS) is 11.3. The van der Waals surface area contributed by atoms with Gasteiger partial charge in [-0.15, -0.1) is 0 Å². The van der Waals surface area contributed by atoms with Crippen LogP contribution in [0.2, 0.25) is 0 Å². The van der Waals surface area contributed by atoms with Crippen LogP contribution < -0.4 is 9.62 Å². The molecule has 0 spiro atoms. The van der Waals surface area contributed by atoms with Gasteiger partial charge in [-0.1, -0.05) is 19.1 Å². The van der Waals surface area contributed by atoms with Crippen LogP contribution in [0.25, 0.3) is 0 Å². The molecular formula is C17H23N3O2S. The minimum absolute atomic E-state index is 0.110. The van der Waals surface area contributed by atoms with Gasteiger partial charge < -0.3 is 4.90 Å². The van der Waals surface area contributed by atoms with Crippen LogP contribution in [-0.2, 0) is 10.0 Å². The molecule has 2 rings (SSSR count). The lowest BCUT2D eigenvalue weighted by Crippen LogP contribution is -2.18. The molecule has 0 aliphatic carbocycles. The van der Waals surface area contributed by atoms with Crippen molar-refractivity contribution in [2.45, 2.75) is 27.2 Å². The molecule has 2 aromatic rings. The Labute approximate surface area is 138 Å². The summed E-state index contributed by atoms with van der Waals surface area (Å²) in [4.78, 5) is 6.48. The molecule has 0 fully saturated rings. The first-order chi connectivity index (χ1) is 10.9. The van der Waals surface area contributed by atoms with Gasteiger partial charge in [0.2, 0.25) is 10.0 Å². The quantitative estimate of drug-likeness (QED) is 0.839. The molecule has 124 valence electrons. The van der Waals surface area contributed by atoms with Crippen LogP contribution in [0.15, 0.2) is 42.6 Å². The molecule has 1 N–H and O–H groups in total. The summed E-state index contributed by atoms with van der Waals surface area (Å²) in [7, 11) is -3.28. The van der Waals surface area contributed by atoms with E-state index < -0.39 is 10.0 Å². The molecule has 0 radical (unpaired) electrons. The second-order valence-electron chi connectivity index (χ2n) is 5.41. The molecule has 0 atom stereocenters. The maximum Gasteiger partial charge on any atom is 0.232 e. The van der Waals surface area contributed by atoms with E-state index in [0.717, 1.165) is 18.1 Å². The Kier molecular flexibility index (Phi) is 5.60. The predicted octanol–water partition coefficient (Wildman–Crippen LogP) is 3.70. The number of nitrogens with zero attached hydrogens (tertiary/aromatic N) is 2. The zero-order chi connectivity index (χ0) is 16.9. The van der Waals surface area contributed by atoms with Crippen molar-refractivity contribution in [1.29, 1.82) is 0 Å². The van der Waals surface area contributed by atoms with Crippen molar-refractivity contribution in [2.75, 3.05) is 21.9 Å². The van der Waals surface area contributed by atoms with Crippen molar-refractivity contribution in [3.05, 3.63) is 48.2 Å². The highest BCUT2D eigenvalue weighted by Crippen LogP contribution is 2.25. The number of nitrogens with one attached hydrogen (secondary N) is 1. The Morgan fingerprint density at radius 3 is 2.52 bits per heavy atom. The van der Waals surface area contributed by atoms with Gasteiger partial charge in [-0.3, -0.25) is 4.72 Å². The molecule has 0 aliphatic rings. The van der Waals surface area contributed by atoms with Crippen LogP contribution in [0.4, 0.5) is 17.2 Å². The van der Waals surface area contributed by atoms with E-state index in [9.17, 15) is 8.42 Å². The number of rotatable bonds is 7. The van der Waals surface area contributed by atoms with Gasteiger partial charge in [0.15, 0.2) is 0 Å². The van der Waals surface area contributed by atoms with Crippen molar-refractivity contribution in [1.82, 2.24) is 4.98 Å². The lowest BCUT2D eigenvalue weighted by molar-refractivity contribution is 0.600. The van der Waals surface area contributed by atoms with Gasteiger partial charge >= 0.3 is 0 Å². The largest absolute Gasteiger partial charge is 0.327 e. The van der Waals surface area contributed by atoms with Gasteiger partial charge in [-0.25, -0.2) is 13.4 Å². The van der Waals surface area contributed by atoms with E-state index in [0.29, 0.717) is 12.1 Å². The molecule has 6 heteroatoms. The lowest BCUT2D eigenvalue weighted by Gasteiger charge is -2.22. The number of aromatic nitrogens is 1. The molecule has 0 bridgehead atoms. The number of benzene rings is 1. The van der Waals surface area contributed by atoms with Crippen molar-refractivity contribution < 1.29 is 8.42 Å². The van der Waals surface area contributed by atoms with Gasteiger partial charge in [0.1, 0.15) is 5.82 Å². The third kappa shape index (κ3) is 4.69. The Morgan fingerprint density at radius 2 is 1.96 bits per heavy atom. The van der Waals surface area contributed by atoms with Gasteiger partial charge in [-0.2, -0.15) is 0 Å². The highest BCUT2D eigenvalue weighted by atomic mass is 32.2. The molecule has 1 aromatic heterocycles. The van der Waals surface area contributed by atoms with Crippen molar-refractivity contribution >= 4 is 27.2 Å². The fraction of sp³-hybridized carbons (Fsp3) is 0.353. The van der Waals surface area contributed by atoms with Crippen LogP contribution in [0.1, 0.15) is 25.8 Å². The Balaban J connectivity index is 2.20. The smallest absolute Gasteiger partial charge is 0.232 e. The minimum Gasteiger partial charge on any atom is -0.327 e. The van der Waals surface area contributed by atoms with E-state index in [1.807, 2.05) is 25.1 Å². The first-order valence-corrected chi connectivity index (χ1v) is 9.41. The molecule has 0 unspecified atom stereocenters. The Bertz CT molecular complexity index is 743. The number of anilines is 3. The summed E-state index contributed by atoms with van der Waals surface area (Å²) in [6, 6.07) is 11.8. The number of hydrogen-bond acceptors (Lipinski definition) is 4. The highest BCUT2D eigenvalue weighted by molar-refractivity contribution is 7.92. The summed E-state index contributed by atoms with van der Waals surface area (Å²) in [5.41, 5.74) is 2.74. The minimum atomic E-state index is -3.28. The third-order valence-electron chi connectivity index (χ3n) is 3.40. The number of sulfonamides is 1. The van der Waals surface area contributed by atoms with E-state index in [1.54, 1.807) is 12.3 Å². The van der Waals surface area contributed by atoms with Crippen molar-refractivity contribution in [2.24, 2.45) is 0 Å². The summed E-state index contributed by atoms with van der Waals surface area (Å²) < 4.78 is 26.1. The maximum absolute atomic E-state index is 11.8. The zero-order valence-corrected chi connectivity index (χ0v) is 14.6. The molecule has 0 saturated heterocycles. The standard InChI is InChI=1S/C17H23N3O2S/c1-4-11-23(21,22)19-15-9-10-17(18-13-15)20(5-2)16-8-6-7-14(3)12-16/h6-10,12-13,19H,4-5,11H2,1-3H3. The van der Waals surface area contributed by atoms with Crippen LogP contribution >= 0.6 is 0 Å². The molecular weight excluding hydrogens is 310 g/mol. The number of aryl methyl sites for hydroxylation is 1. The maximum atomic E-state index is 11.8. The van der Waals surface area contributed by atoms with E-state index in [4.69, 9.17) is 0 Å². The van der Waals surface area contributed by atoms with Crippen LogP contribution in [0, 0.1) is 6.92 Å². The Morgan fingerprint density at radius 1 is 1.17 bits per heavy atom. The topological polar surface area (TPSA) is 62.3 Å². The Hall–Kier alpha value is -2.08. The van der Waals surface area contributed by atoms with Crippen LogP contribution in [0.5, 0.6) is 0 Å². The predicted molar refractivity (Wildman–Crippen MR) is 95.8 cm³/mol. The van der Waals surface area contributed by atoms with E-state index in [-0.39, 0.29) is 5.75 Å². The third-order valence-corrected chi connectivity index (χ3v) is 4.89. The van der Waals surface area contributed by atoms with Crippen molar-refractivity contribution in [3.8, 4) is 0 Å². The summed E-state index contributed by atoms with van der Waals surface area (Å²) >= 11 is 0. The van der Waals surface area contributed by atoms with Crippen molar-refractivity contribution in [3.63, 3.8) is 0 Å². The SMILES string of the molecule is CCCS(=O)(=O)Nc1ccc(N(CC)c2cccc(C)c2)nc1. The molecule has 0 saturated carbocycles. The first-order valence-electron chi connectivity index (χ1n) is 7.76. The molecule has 1 heterocycles. The van der Waals surface area contributed by atoms with Gasteiger partial charge in [0.05, 0.1) is 17.6 Å². The van der Waals surface area contributed by atoms with Crippen LogP contribution in [0.3, 0.4) is 0 Å². The summed E-state index contributed by atoms with van der Waals surface area (Å²) in [5.74, 6) is 0.899. The van der Waals surface area contributed by atoms with E-state index in [1.165, 1.54) is 5.56 Å². The molecule has 1 aromatic carbocycles. The van der Waals surface area contributed by atoms with E-state index in [2.05, 4.69) is 40.6 Å². The van der Waals surface area contributed by atoms with Crippen LogP contribution in [-0.4, -0.2) is 25.7 Å². The zero-order valence-electron chi connectivity index (χ0n) is 13.8. The fourth-order valence-electron chi connectivity index (χ4n) is 2.38. The average Bonchev–Trinajstić information content (AvgIpc) is 2.49. The fourth-order valence-corrected chi connectivity index (χ4v) is 3.50. The molecule has 23 heavy (non-hydrogen) atoms. The van der Waals surface area contributed by atoms with Gasteiger partial charge in [-0.05, 0) is 50.1 Å². The number of pyridine rings is 1. The van der Waals surface area contributed by atoms with E-state index >= 15 is 0 Å². The second kappa shape index (κ2) is 7.46.